The predicted octanol–water partition coefficient (Wildman–Crippen LogP) is 3.01. The van der Waals surface area contributed by atoms with Gasteiger partial charge >= 0.3 is 0 Å². The van der Waals surface area contributed by atoms with Gasteiger partial charge in [0.25, 0.3) is 0 Å². The molecule has 2 aromatic rings. The maximum atomic E-state index is 12.2. The second kappa shape index (κ2) is 7.61. The van der Waals surface area contributed by atoms with Crippen molar-refractivity contribution in [2.24, 2.45) is 0 Å². The summed E-state index contributed by atoms with van der Waals surface area (Å²) < 4.78 is 0. The summed E-state index contributed by atoms with van der Waals surface area (Å²) in [6.07, 6.45) is 3.83. The summed E-state index contributed by atoms with van der Waals surface area (Å²) >= 11 is 0. The van der Waals surface area contributed by atoms with Crippen molar-refractivity contribution in [2.45, 2.75) is 31.2 Å². The van der Waals surface area contributed by atoms with E-state index >= 15 is 0 Å². The number of nitrogens with zero attached hydrogens (tertiary/aromatic N) is 3. The van der Waals surface area contributed by atoms with Crippen molar-refractivity contribution in [3.63, 3.8) is 0 Å². The summed E-state index contributed by atoms with van der Waals surface area (Å²) in [5, 5.41) is 2.71. The molecule has 0 aromatic heterocycles. The van der Waals surface area contributed by atoms with Crippen LogP contribution in [0, 0.1) is 0 Å². The van der Waals surface area contributed by atoms with Gasteiger partial charge in [-0.1, -0.05) is 42.5 Å². The monoisotopic (exact) mass is 365 g/mol. The van der Waals surface area contributed by atoms with Gasteiger partial charge in [-0.3, -0.25) is 14.6 Å². The van der Waals surface area contributed by atoms with Crippen LogP contribution >= 0.6 is 0 Å². The highest BCUT2D eigenvalue weighted by Crippen LogP contribution is 2.32. The first kappa shape index (κ1) is 18.5. The van der Waals surface area contributed by atoms with Gasteiger partial charge in [0.05, 0.1) is 0 Å². The minimum Gasteiger partial charge on any atom is -0.346 e. The summed E-state index contributed by atoms with van der Waals surface area (Å²) in [6, 6.07) is 15.3. The van der Waals surface area contributed by atoms with Crippen molar-refractivity contribution in [2.75, 3.05) is 46.8 Å². The lowest BCUT2D eigenvalue weighted by Crippen LogP contribution is -2.61. The highest BCUT2D eigenvalue weighted by molar-refractivity contribution is 5.85. The number of benzene rings is 2. The fourth-order valence-electron chi connectivity index (χ4n) is 4.82. The largest absolute Gasteiger partial charge is 0.346 e. The molecular formula is C23H31N3O. The third-order valence-electron chi connectivity index (χ3n) is 6.80. The first-order valence-electron chi connectivity index (χ1n) is 10.2. The van der Waals surface area contributed by atoms with Gasteiger partial charge in [-0.25, -0.2) is 0 Å². The van der Waals surface area contributed by atoms with Gasteiger partial charge in [0, 0.05) is 51.7 Å². The molecule has 2 fully saturated rings. The van der Waals surface area contributed by atoms with E-state index in [-0.39, 0.29) is 5.54 Å². The minimum absolute atomic E-state index is 0.150. The molecule has 0 radical (unpaired) electrons. The van der Waals surface area contributed by atoms with E-state index < -0.39 is 0 Å². The fourth-order valence-corrected chi connectivity index (χ4v) is 4.82. The van der Waals surface area contributed by atoms with Crippen LogP contribution in [0.3, 0.4) is 0 Å². The number of piperazine rings is 1. The number of carbonyl (C=O) groups is 1. The number of likely N-dealkylation sites (tertiary alicyclic amines) is 1. The van der Waals surface area contributed by atoms with Crippen molar-refractivity contribution < 1.29 is 4.79 Å². The van der Waals surface area contributed by atoms with Crippen LogP contribution in [0.5, 0.6) is 0 Å². The van der Waals surface area contributed by atoms with Crippen LogP contribution in [0.2, 0.25) is 0 Å². The molecule has 4 nitrogen and oxygen atoms in total. The molecule has 0 unspecified atom stereocenters. The Morgan fingerprint density at radius 2 is 1.78 bits per heavy atom. The number of carbonyl (C=O) groups excluding carboxylic acids is 1. The number of amides is 1. The number of hydrogen-bond donors (Lipinski definition) is 0. The SMILES string of the molecule is CN1CC[C@@]2(CCC1=O)CN(CCc1cccc3ccccc13)CCN2C. The lowest BCUT2D eigenvalue weighted by atomic mass is 9.86. The first-order chi connectivity index (χ1) is 13.1. The topological polar surface area (TPSA) is 26.8 Å². The van der Waals surface area contributed by atoms with E-state index in [0.717, 1.165) is 52.0 Å². The molecule has 1 atom stereocenters. The number of fused-ring (bicyclic) bond motifs is 1. The quantitative estimate of drug-likeness (QED) is 0.837. The summed E-state index contributed by atoms with van der Waals surface area (Å²) in [5.74, 6) is 0.299. The molecule has 2 aliphatic rings. The van der Waals surface area contributed by atoms with E-state index in [4.69, 9.17) is 0 Å². The molecular weight excluding hydrogens is 334 g/mol. The van der Waals surface area contributed by atoms with Crippen molar-refractivity contribution in [1.29, 1.82) is 0 Å². The smallest absolute Gasteiger partial charge is 0.222 e. The minimum atomic E-state index is 0.150. The second-order valence-corrected chi connectivity index (χ2v) is 8.38. The first-order valence-corrected chi connectivity index (χ1v) is 10.2. The van der Waals surface area contributed by atoms with E-state index in [1.807, 2.05) is 11.9 Å². The molecule has 144 valence electrons. The van der Waals surface area contributed by atoms with Gasteiger partial charge in [0.1, 0.15) is 0 Å². The zero-order chi connectivity index (χ0) is 18.9. The molecule has 1 spiro atoms. The number of rotatable bonds is 3. The van der Waals surface area contributed by atoms with Crippen molar-refractivity contribution in [1.82, 2.24) is 14.7 Å². The molecule has 1 amide bonds. The molecule has 0 N–H and O–H groups in total. The van der Waals surface area contributed by atoms with Crippen LogP contribution in [0.4, 0.5) is 0 Å². The molecule has 4 rings (SSSR count). The van der Waals surface area contributed by atoms with Crippen molar-refractivity contribution >= 4 is 16.7 Å². The molecule has 2 aliphatic heterocycles. The van der Waals surface area contributed by atoms with Crippen LogP contribution in [0.25, 0.3) is 10.8 Å². The standard InChI is InChI=1S/C23H31N3O/c1-24-15-13-23(12-10-22(24)27)18-26(17-16-25(23)2)14-11-20-8-5-7-19-6-3-4-9-21(19)20/h3-9H,10-18H2,1-2H3/t23-/m0/s1. The van der Waals surface area contributed by atoms with Crippen LogP contribution in [0.15, 0.2) is 42.5 Å². The lowest BCUT2D eigenvalue weighted by molar-refractivity contribution is -0.129. The number of hydrogen-bond acceptors (Lipinski definition) is 3. The molecule has 2 saturated heterocycles. The van der Waals surface area contributed by atoms with Crippen molar-refractivity contribution in [3.05, 3.63) is 48.0 Å². The van der Waals surface area contributed by atoms with Crippen molar-refractivity contribution in [3.8, 4) is 0 Å². The zero-order valence-electron chi connectivity index (χ0n) is 16.7. The highest BCUT2D eigenvalue weighted by atomic mass is 16.2. The average molecular weight is 366 g/mol. The Hall–Kier alpha value is -1.91. The van der Waals surface area contributed by atoms with E-state index in [0.29, 0.717) is 12.3 Å². The number of likely N-dealkylation sites (N-methyl/N-ethyl adjacent to an activating group) is 1. The molecule has 2 heterocycles. The van der Waals surface area contributed by atoms with Gasteiger partial charge in [0.2, 0.25) is 5.91 Å². The van der Waals surface area contributed by atoms with E-state index in [1.165, 1.54) is 16.3 Å². The van der Waals surface area contributed by atoms with E-state index in [1.54, 1.807) is 0 Å². The van der Waals surface area contributed by atoms with Gasteiger partial charge in [0.15, 0.2) is 0 Å². The lowest BCUT2D eigenvalue weighted by Gasteiger charge is -2.49. The Morgan fingerprint density at radius 1 is 0.963 bits per heavy atom. The Balaban J connectivity index is 1.46. The fraction of sp³-hybridized carbons (Fsp3) is 0.522. The highest BCUT2D eigenvalue weighted by Gasteiger charge is 2.41. The third-order valence-corrected chi connectivity index (χ3v) is 6.80. The normalized spacial score (nSPS) is 25.3. The summed E-state index contributed by atoms with van der Waals surface area (Å²) in [7, 11) is 4.19. The van der Waals surface area contributed by atoms with Gasteiger partial charge in [-0.15, -0.1) is 0 Å². The summed E-state index contributed by atoms with van der Waals surface area (Å²) in [6.45, 7) is 5.25. The predicted molar refractivity (Wildman–Crippen MR) is 111 cm³/mol. The molecule has 0 saturated carbocycles. The molecule has 4 heteroatoms. The molecule has 27 heavy (non-hydrogen) atoms. The van der Waals surface area contributed by atoms with Crippen LogP contribution in [0.1, 0.15) is 24.8 Å². The second-order valence-electron chi connectivity index (χ2n) is 8.38. The van der Waals surface area contributed by atoms with Gasteiger partial charge in [-0.2, -0.15) is 0 Å². The Bertz CT molecular complexity index is 815. The molecule has 2 aromatic carbocycles. The van der Waals surface area contributed by atoms with Crippen LogP contribution in [-0.2, 0) is 11.2 Å². The maximum absolute atomic E-state index is 12.2. The third kappa shape index (κ3) is 3.74. The molecule has 0 bridgehead atoms. The Labute approximate surface area is 162 Å². The average Bonchev–Trinajstić information content (AvgIpc) is 2.83. The zero-order valence-corrected chi connectivity index (χ0v) is 16.7. The van der Waals surface area contributed by atoms with Gasteiger partial charge < -0.3 is 4.90 Å². The summed E-state index contributed by atoms with van der Waals surface area (Å²) in [4.78, 5) is 19.2. The Morgan fingerprint density at radius 3 is 2.67 bits per heavy atom. The van der Waals surface area contributed by atoms with E-state index in [2.05, 4.69) is 59.3 Å². The Kier molecular flexibility index (Phi) is 5.20. The van der Waals surface area contributed by atoms with E-state index in [9.17, 15) is 4.79 Å². The maximum Gasteiger partial charge on any atom is 0.222 e. The molecule has 0 aliphatic carbocycles. The van der Waals surface area contributed by atoms with Crippen LogP contribution in [-0.4, -0.2) is 73.0 Å². The van der Waals surface area contributed by atoms with Crippen LogP contribution < -0.4 is 0 Å². The van der Waals surface area contributed by atoms with Gasteiger partial charge in [-0.05, 0) is 42.6 Å². The summed E-state index contributed by atoms with van der Waals surface area (Å²) in [5.41, 5.74) is 1.59.